The lowest BCUT2D eigenvalue weighted by molar-refractivity contribution is -0.140. The van der Waals surface area contributed by atoms with E-state index in [1.165, 1.54) is 19.2 Å². The van der Waals surface area contributed by atoms with Gasteiger partial charge in [0.2, 0.25) is 5.89 Å². The first kappa shape index (κ1) is 22.7. The summed E-state index contributed by atoms with van der Waals surface area (Å²) in [6, 6.07) is 9.11. The first-order valence-corrected chi connectivity index (χ1v) is 10.8. The summed E-state index contributed by atoms with van der Waals surface area (Å²) in [5.74, 6) is -0.0650. The molecule has 7 nitrogen and oxygen atoms in total. The van der Waals surface area contributed by atoms with Crippen molar-refractivity contribution in [1.82, 2.24) is 15.3 Å². The molecule has 0 aliphatic heterocycles. The molecule has 0 radical (unpaired) electrons. The summed E-state index contributed by atoms with van der Waals surface area (Å²) in [6.07, 6.45) is -3.94. The van der Waals surface area contributed by atoms with Crippen molar-refractivity contribution in [2.75, 3.05) is 13.7 Å². The van der Waals surface area contributed by atoms with Crippen molar-refractivity contribution in [3.8, 4) is 17.2 Å². The predicted octanol–water partition coefficient (Wildman–Crippen LogP) is 4.41. The van der Waals surface area contributed by atoms with Crippen LogP contribution in [0.15, 0.2) is 46.2 Å². The van der Waals surface area contributed by atoms with E-state index in [9.17, 15) is 18.0 Å². The van der Waals surface area contributed by atoms with Crippen molar-refractivity contribution < 1.29 is 27.1 Å². The molecule has 3 heterocycles. The van der Waals surface area contributed by atoms with E-state index in [2.05, 4.69) is 15.3 Å². The zero-order valence-electron chi connectivity index (χ0n) is 17.4. The smallest absolute Gasteiger partial charge is 0.433 e. The second-order valence-corrected chi connectivity index (χ2v) is 8.02. The van der Waals surface area contributed by atoms with Gasteiger partial charge in [0.05, 0.1) is 13.7 Å². The van der Waals surface area contributed by atoms with E-state index >= 15 is 0 Å². The van der Waals surface area contributed by atoms with Gasteiger partial charge in [0.1, 0.15) is 17.0 Å². The van der Waals surface area contributed by atoms with Crippen LogP contribution >= 0.6 is 11.3 Å². The Balaban J connectivity index is 1.68. The molecule has 4 rings (SSSR count). The van der Waals surface area contributed by atoms with Gasteiger partial charge in [0.15, 0.2) is 11.5 Å². The minimum Gasteiger partial charge on any atom is -0.494 e. The van der Waals surface area contributed by atoms with Crippen LogP contribution in [0.1, 0.15) is 26.8 Å². The topological polar surface area (TPSA) is 103 Å². The van der Waals surface area contributed by atoms with Gasteiger partial charge >= 0.3 is 6.18 Å². The van der Waals surface area contributed by atoms with Crippen LogP contribution in [-0.4, -0.2) is 29.5 Å². The highest BCUT2D eigenvalue weighted by Crippen LogP contribution is 2.36. The fraction of sp³-hybridized carbons (Fsp3) is 0.227. The second-order valence-electron chi connectivity index (χ2n) is 6.99. The molecular weight excluding hydrogens is 457 g/mol. The van der Waals surface area contributed by atoms with Gasteiger partial charge in [-0.3, -0.25) is 4.79 Å². The van der Waals surface area contributed by atoms with Crippen LogP contribution in [0.5, 0.6) is 5.75 Å². The van der Waals surface area contributed by atoms with Gasteiger partial charge in [-0.2, -0.15) is 13.2 Å². The van der Waals surface area contributed by atoms with Crippen LogP contribution in [0.25, 0.3) is 22.4 Å². The third-order valence-corrected chi connectivity index (χ3v) is 5.83. The first-order valence-electron chi connectivity index (χ1n) is 9.87. The molecule has 1 amide bonds. The Bertz CT molecular complexity index is 1290. The number of hydrogen-bond acceptors (Lipinski definition) is 7. The molecule has 11 heteroatoms. The zero-order chi connectivity index (χ0) is 23.6. The molecule has 1 aromatic carbocycles. The summed E-state index contributed by atoms with van der Waals surface area (Å²) in [4.78, 5) is 21.8. The summed E-state index contributed by atoms with van der Waals surface area (Å²) in [7, 11) is 1.34. The van der Waals surface area contributed by atoms with E-state index in [0.717, 1.165) is 10.9 Å². The Morgan fingerprint density at radius 1 is 1.21 bits per heavy atom. The Labute approximate surface area is 190 Å². The normalized spacial score (nSPS) is 11.7. The molecule has 4 aromatic rings. The molecule has 3 N–H and O–H groups in total. The highest BCUT2D eigenvalue weighted by atomic mass is 32.1. The number of carbonyl (C=O) groups is 1. The maximum absolute atomic E-state index is 13.2. The van der Waals surface area contributed by atoms with Crippen LogP contribution in [0, 0.1) is 0 Å². The molecule has 0 spiro atoms. The third-order valence-electron chi connectivity index (χ3n) is 4.90. The van der Waals surface area contributed by atoms with Crippen molar-refractivity contribution in [2.24, 2.45) is 5.73 Å². The van der Waals surface area contributed by atoms with Gasteiger partial charge in [-0.15, -0.1) is 11.3 Å². The van der Waals surface area contributed by atoms with Gasteiger partial charge in [-0.1, -0.05) is 6.07 Å². The molecule has 0 aliphatic rings. The number of hydrogen-bond donors (Lipinski definition) is 2. The standard InChI is InChI=1S/C22H19F3N4O3S/c1-31-15-6-4-14(13-5-7-17(22(23,24)25)28-18(13)15)21-29-19(16(11-26)32-21)20(30)27-9-8-12-3-2-10-33-12/h2-7,10H,8-9,11,26H2,1H3,(H,27,30). The molecule has 0 atom stereocenters. The van der Waals surface area contributed by atoms with E-state index < -0.39 is 17.8 Å². The summed E-state index contributed by atoms with van der Waals surface area (Å²) in [6.45, 7) is 0.326. The van der Waals surface area contributed by atoms with Crippen molar-refractivity contribution in [1.29, 1.82) is 0 Å². The first-order chi connectivity index (χ1) is 15.8. The third kappa shape index (κ3) is 4.69. The maximum atomic E-state index is 13.2. The Kier molecular flexibility index (Phi) is 6.34. The number of nitrogens with two attached hydrogens (primary N) is 1. The number of halogens is 3. The molecule has 0 bridgehead atoms. The average Bonchev–Trinajstić information content (AvgIpc) is 3.47. The zero-order valence-corrected chi connectivity index (χ0v) is 18.2. The van der Waals surface area contributed by atoms with E-state index in [1.807, 2.05) is 17.5 Å². The maximum Gasteiger partial charge on any atom is 0.433 e. The van der Waals surface area contributed by atoms with E-state index in [0.29, 0.717) is 23.9 Å². The predicted molar refractivity (Wildman–Crippen MR) is 117 cm³/mol. The van der Waals surface area contributed by atoms with Gasteiger partial charge in [0.25, 0.3) is 5.91 Å². The highest BCUT2D eigenvalue weighted by molar-refractivity contribution is 7.09. The van der Waals surface area contributed by atoms with E-state index in [4.69, 9.17) is 14.9 Å². The molecule has 0 fully saturated rings. The van der Waals surface area contributed by atoms with Crippen LogP contribution in [0.4, 0.5) is 13.2 Å². The van der Waals surface area contributed by atoms with E-state index in [1.54, 1.807) is 17.4 Å². The quantitative estimate of drug-likeness (QED) is 0.410. The number of benzene rings is 1. The van der Waals surface area contributed by atoms with Gasteiger partial charge in [-0.05, 0) is 42.1 Å². The number of amides is 1. The molecule has 3 aromatic heterocycles. The summed E-state index contributed by atoms with van der Waals surface area (Å²) in [5.41, 5.74) is 5.08. The number of nitrogens with one attached hydrogen (secondary N) is 1. The van der Waals surface area contributed by atoms with Crippen molar-refractivity contribution in [3.05, 3.63) is 63.8 Å². The average molecular weight is 476 g/mol. The number of nitrogens with zero attached hydrogens (tertiary/aromatic N) is 2. The Hall–Kier alpha value is -3.44. The molecule has 0 unspecified atom stereocenters. The lowest BCUT2D eigenvalue weighted by atomic mass is 10.1. The minimum absolute atomic E-state index is 0.000673. The summed E-state index contributed by atoms with van der Waals surface area (Å²) < 4.78 is 50.4. The molecule has 172 valence electrons. The SMILES string of the molecule is COc1ccc(-c2nc(C(=O)NCCc3cccs3)c(CN)o2)c2ccc(C(F)(F)F)nc12. The molecular formula is C22H19F3N4O3S. The number of ether oxygens (including phenoxy) is 1. The molecule has 0 aliphatic carbocycles. The number of fused-ring (bicyclic) bond motifs is 1. The van der Waals surface area contributed by atoms with Gasteiger partial charge < -0.3 is 20.2 Å². The lowest BCUT2D eigenvalue weighted by Crippen LogP contribution is -2.27. The number of thiophene rings is 1. The van der Waals surface area contributed by atoms with Crippen molar-refractivity contribution in [3.63, 3.8) is 0 Å². The summed E-state index contributed by atoms with van der Waals surface area (Å²) in [5, 5.41) is 5.08. The largest absolute Gasteiger partial charge is 0.494 e. The second kappa shape index (κ2) is 9.20. The number of oxazole rings is 1. The van der Waals surface area contributed by atoms with Crippen molar-refractivity contribution in [2.45, 2.75) is 19.1 Å². The minimum atomic E-state index is -4.61. The molecule has 33 heavy (non-hydrogen) atoms. The lowest BCUT2D eigenvalue weighted by Gasteiger charge is -2.11. The number of rotatable bonds is 7. The number of methoxy groups -OCH3 is 1. The van der Waals surface area contributed by atoms with Crippen LogP contribution in [0.3, 0.4) is 0 Å². The van der Waals surface area contributed by atoms with Crippen molar-refractivity contribution >= 4 is 28.1 Å². The molecule has 0 saturated heterocycles. The summed E-state index contributed by atoms with van der Waals surface area (Å²) >= 11 is 1.59. The van der Waals surface area contributed by atoms with Crippen LogP contribution in [0.2, 0.25) is 0 Å². The fourth-order valence-corrected chi connectivity index (χ4v) is 4.03. The fourth-order valence-electron chi connectivity index (χ4n) is 3.32. The van der Waals surface area contributed by atoms with Crippen LogP contribution < -0.4 is 15.8 Å². The highest BCUT2D eigenvalue weighted by Gasteiger charge is 2.33. The number of aromatic nitrogens is 2. The van der Waals surface area contributed by atoms with E-state index in [-0.39, 0.29) is 35.2 Å². The van der Waals surface area contributed by atoms with Gasteiger partial charge in [-0.25, -0.2) is 9.97 Å². The Morgan fingerprint density at radius 2 is 2.03 bits per heavy atom. The van der Waals surface area contributed by atoms with Gasteiger partial charge in [0, 0.05) is 22.4 Å². The number of alkyl halides is 3. The molecule has 0 saturated carbocycles. The van der Waals surface area contributed by atoms with Crippen LogP contribution in [-0.2, 0) is 19.1 Å². The number of carbonyl (C=O) groups excluding carboxylic acids is 1. The monoisotopic (exact) mass is 476 g/mol. The number of pyridine rings is 1. The Morgan fingerprint density at radius 3 is 2.70 bits per heavy atom.